The van der Waals surface area contributed by atoms with Crippen molar-refractivity contribution in [2.45, 2.75) is 6.54 Å². The Labute approximate surface area is 125 Å². The van der Waals surface area contributed by atoms with Crippen molar-refractivity contribution >= 4 is 27.5 Å². The molecular formula is C15H13N3O2S. The zero-order chi connectivity index (χ0) is 14.1. The highest BCUT2D eigenvalue weighted by Crippen LogP contribution is 2.30. The fourth-order valence-electron chi connectivity index (χ4n) is 2.22. The van der Waals surface area contributed by atoms with E-state index in [1.165, 1.54) is 0 Å². The molecule has 21 heavy (non-hydrogen) atoms. The number of nitrogens with zero attached hydrogens (tertiary/aromatic N) is 2. The molecule has 1 N–H and O–H groups in total. The van der Waals surface area contributed by atoms with Crippen LogP contribution in [0.2, 0.25) is 0 Å². The van der Waals surface area contributed by atoms with E-state index >= 15 is 0 Å². The van der Waals surface area contributed by atoms with Crippen LogP contribution < -0.4 is 14.8 Å². The van der Waals surface area contributed by atoms with Gasteiger partial charge in [-0.05, 0) is 29.1 Å². The van der Waals surface area contributed by atoms with Crippen molar-refractivity contribution in [2.75, 3.05) is 18.5 Å². The molecule has 0 radical (unpaired) electrons. The van der Waals surface area contributed by atoms with E-state index in [2.05, 4.69) is 15.3 Å². The molecule has 3 heterocycles. The largest absolute Gasteiger partial charge is 0.486 e. The van der Waals surface area contributed by atoms with Crippen LogP contribution in [-0.4, -0.2) is 23.2 Å². The van der Waals surface area contributed by atoms with Crippen LogP contribution in [0.15, 0.2) is 35.8 Å². The van der Waals surface area contributed by atoms with Crippen molar-refractivity contribution in [3.8, 4) is 11.5 Å². The van der Waals surface area contributed by atoms with Crippen molar-refractivity contribution in [3.63, 3.8) is 0 Å². The molecule has 0 amide bonds. The van der Waals surface area contributed by atoms with E-state index in [9.17, 15) is 0 Å². The number of nitrogens with one attached hydrogen (secondary N) is 1. The van der Waals surface area contributed by atoms with Crippen molar-refractivity contribution in [1.82, 2.24) is 9.97 Å². The van der Waals surface area contributed by atoms with Gasteiger partial charge >= 0.3 is 0 Å². The molecular weight excluding hydrogens is 286 g/mol. The van der Waals surface area contributed by atoms with Crippen LogP contribution >= 0.6 is 11.3 Å². The van der Waals surface area contributed by atoms with Crippen molar-refractivity contribution in [1.29, 1.82) is 0 Å². The summed E-state index contributed by atoms with van der Waals surface area (Å²) >= 11 is 1.61. The maximum absolute atomic E-state index is 5.58. The number of fused-ring (bicyclic) bond motifs is 2. The fourth-order valence-corrected chi connectivity index (χ4v) is 2.96. The van der Waals surface area contributed by atoms with Crippen LogP contribution in [0, 0.1) is 0 Å². The van der Waals surface area contributed by atoms with Gasteiger partial charge in [0.05, 0.1) is 0 Å². The molecule has 2 aromatic heterocycles. The standard InChI is InChI=1S/C15H13N3O2S/c1-2-12-13(20-5-4-19-12)7-10(1)8-16-15-17-9-11-3-6-21-14(11)18-15/h1-3,6-7,9H,4-5,8H2,(H,16,17,18). The summed E-state index contributed by atoms with van der Waals surface area (Å²) in [6.45, 7) is 1.86. The normalized spacial score (nSPS) is 13.3. The molecule has 1 aliphatic rings. The Morgan fingerprint density at radius 1 is 1.14 bits per heavy atom. The van der Waals surface area contributed by atoms with Gasteiger partial charge in [-0.25, -0.2) is 9.97 Å². The Morgan fingerprint density at radius 2 is 2.05 bits per heavy atom. The Hall–Kier alpha value is -2.34. The molecule has 0 saturated carbocycles. The zero-order valence-corrected chi connectivity index (χ0v) is 12.0. The van der Waals surface area contributed by atoms with E-state index in [1.807, 2.05) is 35.8 Å². The van der Waals surface area contributed by atoms with Gasteiger partial charge in [0.2, 0.25) is 5.95 Å². The smallest absolute Gasteiger partial charge is 0.224 e. The number of anilines is 1. The van der Waals surface area contributed by atoms with Gasteiger partial charge in [0, 0.05) is 18.1 Å². The third-order valence-corrected chi connectivity index (χ3v) is 4.09. The number of ether oxygens (including phenoxy) is 2. The fraction of sp³-hybridized carbons (Fsp3) is 0.200. The molecule has 0 aliphatic carbocycles. The van der Waals surface area contributed by atoms with Gasteiger partial charge in [-0.15, -0.1) is 11.3 Å². The topological polar surface area (TPSA) is 56.3 Å². The lowest BCUT2D eigenvalue weighted by atomic mass is 10.2. The van der Waals surface area contributed by atoms with Crippen LogP contribution in [0.4, 0.5) is 5.95 Å². The quantitative estimate of drug-likeness (QED) is 0.805. The molecule has 1 aliphatic heterocycles. The predicted octanol–water partition coefficient (Wildman–Crippen LogP) is 3.07. The molecule has 5 nitrogen and oxygen atoms in total. The van der Waals surface area contributed by atoms with Crippen LogP contribution in [0.3, 0.4) is 0 Å². The average Bonchev–Trinajstić information content (AvgIpc) is 3.00. The SMILES string of the molecule is c1cc2cnc(NCc3ccc4c(c3)OCCO4)nc2s1. The lowest BCUT2D eigenvalue weighted by molar-refractivity contribution is 0.171. The van der Waals surface area contributed by atoms with Crippen LogP contribution in [0.25, 0.3) is 10.2 Å². The molecule has 0 atom stereocenters. The molecule has 0 bridgehead atoms. The van der Waals surface area contributed by atoms with E-state index in [1.54, 1.807) is 11.3 Å². The van der Waals surface area contributed by atoms with E-state index in [0.717, 1.165) is 27.3 Å². The first-order valence-corrected chi connectivity index (χ1v) is 7.59. The molecule has 6 heteroatoms. The summed E-state index contributed by atoms with van der Waals surface area (Å²) in [6.07, 6.45) is 1.84. The van der Waals surface area contributed by atoms with Crippen LogP contribution in [-0.2, 0) is 6.54 Å². The Bertz CT molecular complexity index is 787. The van der Waals surface area contributed by atoms with E-state index in [0.29, 0.717) is 25.7 Å². The molecule has 4 rings (SSSR count). The summed E-state index contributed by atoms with van der Waals surface area (Å²) in [5.74, 6) is 2.25. The number of benzene rings is 1. The lowest BCUT2D eigenvalue weighted by Gasteiger charge is -2.18. The monoisotopic (exact) mass is 299 g/mol. The molecule has 0 spiro atoms. The summed E-state index contributed by atoms with van der Waals surface area (Å²) in [5, 5.41) is 6.33. The maximum Gasteiger partial charge on any atom is 0.224 e. The number of rotatable bonds is 3. The zero-order valence-electron chi connectivity index (χ0n) is 11.2. The summed E-state index contributed by atoms with van der Waals surface area (Å²) < 4.78 is 11.1. The summed E-state index contributed by atoms with van der Waals surface area (Å²) in [5.41, 5.74) is 1.11. The van der Waals surface area contributed by atoms with Gasteiger partial charge in [0.25, 0.3) is 0 Å². The molecule has 106 valence electrons. The van der Waals surface area contributed by atoms with Crippen molar-refractivity contribution in [3.05, 3.63) is 41.4 Å². The summed E-state index contributed by atoms with van der Waals surface area (Å²) in [4.78, 5) is 9.78. The molecule has 0 saturated heterocycles. The highest BCUT2D eigenvalue weighted by molar-refractivity contribution is 7.16. The first-order valence-electron chi connectivity index (χ1n) is 6.71. The Kier molecular flexibility index (Phi) is 3.08. The first-order chi connectivity index (χ1) is 10.4. The van der Waals surface area contributed by atoms with Crippen LogP contribution in [0.5, 0.6) is 11.5 Å². The third kappa shape index (κ3) is 2.50. The second-order valence-electron chi connectivity index (χ2n) is 4.71. The van der Waals surface area contributed by atoms with Gasteiger partial charge in [-0.1, -0.05) is 6.07 Å². The summed E-state index contributed by atoms with van der Waals surface area (Å²) in [7, 11) is 0. The van der Waals surface area contributed by atoms with E-state index in [-0.39, 0.29) is 0 Å². The Morgan fingerprint density at radius 3 is 3.00 bits per heavy atom. The second-order valence-corrected chi connectivity index (χ2v) is 5.60. The number of aromatic nitrogens is 2. The molecule has 1 aromatic carbocycles. The van der Waals surface area contributed by atoms with Gasteiger partial charge in [0.15, 0.2) is 11.5 Å². The number of hydrogen-bond donors (Lipinski definition) is 1. The van der Waals surface area contributed by atoms with Gasteiger partial charge in [-0.2, -0.15) is 0 Å². The third-order valence-electron chi connectivity index (χ3n) is 3.26. The maximum atomic E-state index is 5.58. The minimum Gasteiger partial charge on any atom is -0.486 e. The van der Waals surface area contributed by atoms with Crippen molar-refractivity contribution < 1.29 is 9.47 Å². The van der Waals surface area contributed by atoms with Crippen LogP contribution in [0.1, 0.15) is 5.56 Å². The van der Waals surface area contributed by atoms with E-state index < -0.39 is 0 Å². The lowest BCUT2D eigenvalue weighted by Crippen LogP contribution is -2.15. The number of thiophene rings is 1. The molecule has 3 aromatic rings. The summed E-state index contributed by atoms with van der Waals surface area (Å²) in [6, 6.07) is 7.97. The first kappa shape index (κ1) is 12.4. The van der Waals surface area contributed by atoms with E-state index in [4.69, 9.17) is 9.47 Å². The molecule has 0 fully saturated rings. The van der Waals surface area contributed by atoms with Crippen molar-refractivity contribution in [2.24, 2.45) is 0 Å². The highest BCUT2D eigenvalue weighted by atomic mass is 32.1. The second kappa shape index (κ2) is 5.21. The van der Waals surface area contributed by atoms with Gasteiger partial charge in [-0.3, -0.25) is 0 Å². The average molecular weight is 299 g/mol. The highest BCUT2D eigenvalue weighted by Gasteiger charge is 2.11. The van der Waals surface area contributed by atoms with Gasteiger partial charge in [0.1, 0.15) is 18.0 Å². The minimum absolute atomic E-state index is 0.599. The minimum atomic E-state index is 0.599. The van der Waals surface area contributed by atoms with Gasteiger partial charge < -0.3 is 14.8 Å². The molecule has 0 unspecified atom stereocenters. The number of hydrogen-bond acceptors (Lipinski definition) is 6. The Balaban J connectivity index is 1.50. The predicted molar refractivity (Wildman–Crippen MR) is 82.2 cm³/mol.